The van der Waals surface area contributed by atoms with Gasteiger partial charge in [0.05, 0.1) is 22.7 Å². The number of carbonyl (C=O) groups excluding carboxylic acids is 1. The van der Waals surface area contributed by atoms with Crippen LogP contribution in [0.2, 0.25) is 0 Å². The van der Waals surface area contributed by atoms with Crippen LogP contribution in [-0.2, 0) is 36.0 Å². The maximum absolute atomic E-state index is 13.8. The Morgan fingerprint density at radius 3 is 2.05 bits per heavy atom. The molecule has 4 aromatic rings. The molecule has 1 N–H and O–H groups in total. The van der Waals surface area contributed by atoms with Crippen molar-refractivity contribution in [3.63, 3.8) is 0 Å². The fourth-order valence-electron chi connectivity index (χ4n) is 4.33. The third-order valence-corrected chi connectivity index (χ3v) is 8.19. The molecule has 0 heterocycles. The fraction of sp³-hybridized carbons (Fsp3) is 0.194. The van der Waals surface area contributed by atoms with Crippen molar-refractivity contribution in [2.75, 3.05) is 4.31 Å². The van der Waals surface area contributed by atoms with E-state index in [2.05, 4.69) is 37.4 Å². The second-order valence-corrected chi connectivity index (χ2v) is 10.7. The van der Waals surface area contributed by atoms with Crippen molar-refractivity contribution in [2.45, 2.75) is 44.7 Å². The molecule has 6 heteroatoms. The van der Waals surface area contributed by atoms with Gasteiger partial charge in [-0.2, -0.15) is 0 Å². The second-order valence-electron chi connectivity index (χ2n) is 8.82. The van der Waals surface area contributed by atoms with Crippen molar-refractivity contribution < 1.29 is 13.2 Å². The highest BCUT2D eigenvalue weighted by atomic mass is 32.2. The number of para-hydroxylation sites is 1. The van der Waals surface area contributed by atoms with E-state index in [1.54, 1.807) is 54.6 Å². The molecule has 4 rings (SSSR count). The minimum absolute atomic E-state index is 0.0981. The van der Waals surface area contributed by atoms with Gasteiger partial charge in [-0.1, -0.05) is 92.7 Å². The van der Waals surface area contributed by atoms with Crippen molar-refractivity contribution in [1.29, 1.82) is 0 Å². The van der Waals surface area contributed by atoms with Crippen LogP contribution in [0.1, 0.15) is 46.5 Å². The fourth-order valence-corrected chi connectivity index (χ4v) is 5.82. The van der Waals surface area contributed by atoms with Crippen LogP contribution in [0.25, 0.3) is 0 Å². The number of hydrogen-bond donors (Lipinski definition) is 1. The first-order valence-electron chi connectivity index (χ1n) is 12.5. The van der Waals surface area contributed by atoms with Gasteiger partial charge in [0.15, 0.2) is 0 Å². The van der Waals surface area contributed by atoms with E-state index in [0.29, 0.717) is 17.8 Å². The first-order chi connectivity index (χ1) is 17.9. The summed E-state index contributed by atoms with van der Waals surface area (Å²) in [6.07, 6.45) is 1.78. The van der Waals surface area contributed by atoms with E-state index in [1.807, 2.05) is 30.3 Å². The van der Waals surface area contributed by atoms with E-state index in [1.165, 1.54) is 15.4 Å². The summed E-state index contributed by atoms with van der Waals surface area (Å²) in [7, 11) is -3.94. The number of carbonyl (C=O) groups is 1. The summed E-state index contributed by atoms with van der Waals surface area (Å²) in [5.41, 5.74) is 4.94. The van der Waals surface area contributed by atoms with Crippen LogP contribution >= 0.6 is 0 Å². The highest BCUT2D eigenvalue weighted by Gasteiger charge is 2.28. The van der Waals surface area contributed by atoms with Crippen molar-refractivity contribution >= 4 is 21.6 Å². The van der Waals surface area contributed by atoms with Gasteiger partial charge in [0.2, 0.25) is 0 Å². The van der Waals surface area contributed by atoms with Crippen LogP contribution in [0, 0.1) is 0 Å². The van der Waals surface area contributed by atoms with Crippen molar-refractivity contribution in [3.8, 4) is 0 Å². The third-order valence-electron chi connectivity index (χ3n) is 6.42. The van der Waals surface area contributed by atoms with Gasteiger partial charge >= 0.3 is 0 Å². The predicted octanol–water partition coefficient (Wildman–Crippen LogP) is 6.14. The number of benzene rings is 4. The minimum Gasteiger partial charge on any atom is -0.348 e. The Morgan fingerprint density at radius 2 is 1.38 bits per heavy atom. The van der Waals surface area contributed by atoms with Gasteiger partial charge in [-0.05, 0) is 59.4 Å². The molecular formula is C31H32N2O3S. The Morgan fingerprint density at radius 1 is 0.730 bits per heavy atom. The normalized spacial score (nSPS) is 11.2. The second kappa shape index (κ2) is 11.9. The molecule has 0 fully saturated rings. The molecule has 5 nitrogen and oxygen atoms in total. The summed E-state index contributed by atoms with van der Waals surface area (Å²) in [5.74, 6) is -0.319. The lowest BCUT2D eigenvalue weighted by Gasteiger charge is -2.26. The molecule has 37 heavy (non-hydrogen) atoms. The van der Waals surface area contributed by atoms with E-state index in [4.69, 9.17) is 0 Å². The zero-order valence-electron chi connectivity index (χ0n) is 21.2. The molecule has 0 atom stereocenters. The van der Waals surface area contributed by atoms with Gasteiger partial charge in [-0.25, -0.2) is 8.42 Å². The van der Waals surface area contributed by atoms with E-state index < -0.39 is 10.0 Å². The highest BCUT2D eigenvalue weighted by molar-refractivity contribution is 7.92. The standard InChI is InChI=1S/C31H32N2O3S/c1-3-24-19-20-26(4-2)27(21-24)22-32-31(34)29-17-11-12-18-30(29)33(23-25-13-7-5-8-14-25)37(35,36)28-15-9-6-10-16-28/h5-21H,3-4,22-23H2,1-2H3,(H,32,34). The molecule has 0 aliphatic carbocycles. The van der Waals surface area contributed by atoms with Crippen molar-refractivity contribution in [2.24, 2.45) is 0 Å². The first-order valence-corrected chi connectivity index (χ1v) is 14.0. The average molecular weight is 513 g/mol. The van der Waals surface area contributed by atoms with Gasteiger partial charge < -0.3 is 5.32 Å². The lowest BCUT2D eigenvalue weighted by Crippen LogP contribution is -2.33. The molecule has 0 bridgehead atoms. The molecule has 0 saturated carbocycles. The van der Waals surface area contributed by atoms with E-state index in [-0.39, 0.29) is 17.3 Å². The molecule has 0 aliphatic rings. The first kappa shape index (κ1) is 26.2. The molecule has 0 saturated heterocycles. The summed E-state index contributed by atoms with van der Waals surface area (Å²) < 4.78 is 29.0. The van der Waals surface area contributed by atoms with Crippen LogP contribution in [-0.4, -0.2) is 14.3 Å². The number of hydrogen-bond acceptors (Lipinski definition) is 3. The Balaban J connectivity index is 1.70. The zero-order valence-corrected chi connectivity index (χ0v) is 22.0. The van der Waals surface area contributed by atoms with E-state index in [0.717, 1.165) is 24.0 Å². The summed E-state index contributed by atoms with van der Waals surface area (Å²) in [4.78, 5) is 13.7. The predicted molar refractivity (Wildman–Crippen MR) is 149 cm³/mol. The largest absolute Gasteiger partial charge is 0.348 e. The number of anilines is 1. The topological polar surface area (TPSA) is 66.5 Å². The van der Waals surface area contributed by atoms with Crippen molar-refractivity contribution in [1.82, 2.24) is 5.32 Å². The molecule has 190 valence electrons. The molecule has 1 amide bonds. The Labute approximate surface area is 219 Å². The highest BCUT2D eigenvalue weighted by Crippen LogP contribution is 2.29. The van der Waals surface area contributed by atoms with Crippen molar-refractivity contribution in [3.05, 3.63) is 131 Å². The Bertz CT molecular complexity index is 1450. The molecule has 0 spiro atoms. The zero-order chi connectivity index (χ0) is 26.3. The summed E-state index contributed by atoms with van der Waals surface area (Å²) in [5, 5.41) is 3.03. The average Bonchev–Trinajstić information content (AvgIpc) is 2.95. The number of aryl methyl sites for hydroxylation is 2. The quantitative estimate of drug-likeness (QED) is 0.278. The number of sulfonamides is 1. The summed E-state index contributed by atoms with van der Waals surface area (Å²) in [6.45, 7) is 4.67. The maximum Gasteiger partial charge on any atom is 0.264 e. The summed E-state index contributed by atoms with van der Waals surface area (Å²) >= 11 is 0. The Kier molecular flexibility index (Phi) is 8.41. The van der Waals surface area contributed by atoms with Gasteiger partial charge in [0.25, 0.3) is 15.9 Å². The molecule has 0 aromatic heterocycles. The molecular weight excluding hydrogens is 480 g/mol. The number of rotatable bonds is 10. The minimum atomic E-state index is -3.94. The molecule has 4 aromatic carbocycles. The number of amides is 1. The van der Waals surface area contributed by atoms with Gasteiger partial charge in [0, 0.05) is 6.54 Å². The number of nitrogens with zero attached hydrogens (tertiary/aromatic N) is 1. The number of nitrogens with one attached hydrogen (secondary N) is 1. The maximum atomic E-state index is 13.8. The molecule has 0 radical (unpaired) electrons. The smallest absolute Gasteiger partial charge is 0.264 e. The van der Waals surface area contributed by atoms with Crippen LogP contribution in [0.15, 0.2) is 108 Å². The monoisotopic (exact) mass is 512 g/mol. The van der Waals surface area contributed by atoms with Crippen LogP contribution in [0.4, 0.5) is 5.69 Å². The van der Waals surface area contributed by atoms with Crippen LogP contribution in [0.3, 0.4) is 0 Å². The Hall–Kier alpha value is -3.90. The lowest BCUT2D eigenvalue weighted by molar-refractivity contribution is 0.0951. The van der Waals surface area contributed by atoms with Gasteiger partial charge in [-0.3, -0.25) is 9.10 Å². The van der Waals surface area contributed by atoms with Crippen LogP contribution in [0.5, 0.6) is 0 Å². The molecule has 0 unspecified atom stereocenters. The lowest BCUT2D eigenvalue weighted by atomic mass is 10.0. The van der Waals surface area contributed by atoms with Gasteiger partial charge in [-0.15, -0.1) is 0 Å². The summed E-state index contributed by atoms with van der Waals surface area (Å²) in [6, 6.07) is 30.9. The van der Waals surface area contributed by atoms with Gasteiger partial charge in [0.1, 0.15) is 0 Å². The van der Waals surface area contributed by atoms with E-state index in [9.17, 15) is 13.2 Å². The van der Waals surface area contributed by atoms with Crippen LogP contribution < -0.4 is 9.62 Å². The van der Waals surface area contributed by atoms with E-state index >= 15 is 0 Å². The SMILES string of the molecule is CCc1ccc(CC)c(CNC(=O)c2ccccc2N(Cc2ccccc2)S(=O)(=O)c2ccccc2)c1. The molecule has 0 aliphatic heterocycles. The third kappa shape index (κ3) is 6.09.